The smallest absolute Gasteiger partial charge is 0.233 e. The summed E-state index contributed by atoms with van der Waals surface area (Å²) in [5, 5.41) is 3.02. The van der Waals surface area contributed by atoms with Gasteiger partial charge in [0.1, 0.15) is 0 Å². The van der Waals surface area contributed by atoms with Gasteiger partial charge in [-0.3, -0.25) is 4.79 Å². The lowest BCUT2D eigenvalue weighted by molar-refractivity contribution is -0.118. The predicted octanol–water partition coefficient (Wildman–Crippen LogP) is 1.41. The lowest BCUT2D eigenvalue weighted by atomic mass is 10.3. The standard InChI is InChI=1S/C8H15NOS/c1-8(2,3)11-6-4-5-9-7(6)10/h6H,4-5H2,1-3H3,(H,9,10). The maximum atomic E-state index is 11.1. The molecule has 0 radical (unpaired) electrons. The number of thioether (sulfide) groups is 1. The molecule has 1 rings (SSSR count). The Morgan fingerprint density at radius 2 is 2.18 bits per heavy atom. The van der Waals surface area contributed by atoms with Gasteiger partial charge < -0.3 is 5.32 Å². The maximum absolute atomic E-state index is 11.1. The Labute approximate surface area is 72.1 Å². The van der Waals surface area contributed by atoms with Crippen molar-refractivity contribution in [2.75, 3.05) is 6.54 Å². The SMILES string of the molecule is CC(C)(C)SC1CCNC1=O. The number of amides is 1. The molecule has 1 aliphatic rings. The van der Waals surface area contributed by atoms with E-state index in [0.29, 0.717) is 0 Å². The van der Waals surface area contributed by atoms with E-state index in [4.69, 9.17) is 0 Å². The summed E-state index contributed by atoms with van der Waals surface area (Å²) in [6.45, 7) is 7.28. The summed E-state index contributed by atoms with van der Waals surface area (Å²) in [6.07, 6.45) is 0.987. The molecule has 3 heteroatoms. The van der Waals surface area contributed by atoms with E-state index < -0.39 is 0 Å². The third-order valence-electron chi connectivity index (χ3n) is 1.49. The molecule has 1 unspecified atom stereocenters. The predicted molar refractivity (Wildman–Crippen MR) is 48.8 cm³/mol. The molecule has 0 spiro atoms. The minimum atomic E-state index is 0.190. The van der Waals surface area contributed by atoms with E-state index in [1.807, 2.05) is 0 Å². The quantitative estimate of drug-likeness (QED) is 0.649. The highest BCUT2D eigenvalue weighted by atomic mass is 32.2. The summed E-state index contributed by atoms with van der Waals surface area (Å²) in [5.74, 6) is 0.213. The highest BCUT2D eigenvalue weighted by Crippen LogP contribution is 2.31. The molecule has 1 atom stereocenters. The van der Waals surface area contributed by atoms with Gasteiger partial charge in [0.15, 0.2) is 0 Å². The molecule has 0 saturated carbocycles. The zero-order chi connectivity index (χ0) is 8.48. The molecule has 1 saturated heterocycles. The molecule has 0 aromatic rings. The van der Waals surface area contributed by atoms with Crippen LogP contribution in [0, 0.1) is 0 Å². The Hall–Kier alpha value is -0.180. The van der Waals surface area contributed by atoms with Crippen molar-refractivity contribution in [3.63, 3.8) is 0 Å². The number of carbonyl (C=O) groups is 1. The van der Waals surface area contributed by atoms with E-state index in [2.05, 4.69) is 26.1 Å². The molecule has 1 N–H and O–H groups in total. The van der Waals surface area contributed by atoms with Gasteiger partial charge in [0.2, 0.25) is 5.91 Å². The van der Waals surface area contributed by atoms with Crippen LogP contribution in [-0.2, 0) is 4.79 Å². The van der Waals surface area contributed by atoms with Gasteiger partial charge in [-0.05, 0) is 6.42 Å². The molecular formula is C8H15NOS. The second-order valence-corrected chi connectivity index (χ2v) is 5.83. The Kier molecular flexibility index (Phi) is 2.47. The van der Waals surface area contributed by atoms with Gasteiger partial charge in [0.05, 0.1) is 5.25 Å². The third kappa shape index (κ3) is 2.73. The fourth-order valence-electron chi connectivity index (χ4n) is 1.11. The molecular weight excluding hydrogens is 158 g/mol. The lowest BCUT2D eigenvalue weighted by Crippen LogP contribution is -2.24. The van der Waals surface area contributed by atoms with Gasteiger partial charge in [0, 0.05) is 11.3 Å². The van der Waals surface area contributed by atoms with E-state index in [0.717, 1.165) is 13.0 Å². The summed E-state index contributed by atoms with van der Waals surface area (Å²) in [6, 6.07) is 0. The third-order valence-corrected chi connectivity index (χ3v) is 2.94. The molecule has 2 nitrogen and oxygen atoms in total. The van der Waals surface area contributed by atoms with E-state index in [1.54, 1.807) is 11.8 Å². The molecule has 1 heterocycles. The molecule has 11 heavy (non-hydrogen) atoms. The minimum absolute atomic E-state index is 0.190. The molecule has 1 amide bonds. The Morgan fingerprint density at radius 3 is 2.55 bits per heavy atom. The van der Waals surface area contributed by atoms with Gasteiger partial charge in [-0.1, -0.05) is 20.8 Å². The highest BCUT2D eigenvalue weighted by molar-refractivity contribution is 8.01. The summed E-state index contributed by atoms with van der Waals surface area (Å²) < 4.78 is 0.201. The monoisotopic (exact) mass is 173 g/mol. The van der Waals surface area contributed by atoms with Crippen LogP contribution >= 0.6 is 11.8 Å². The first-order valence-electron chi connectivity index (χ1n) is 3.94. The maximum Gasteiger partial charge on any atom is 0.233 e. The summed E-state index contributed by atoms with van der Waals surface area (Å²) in [7, 11) is 0. The molecule has 0 aromatic carbocycles. The van der Waals surface area contributed by atoms with Crippen LogP contribution in [-0.4, -0.2) is 22.4 Å². The highest BCUT2D eigenvalue weighted by Gasteiger charge is 2.28. The van der Waals surface area contributed by atoms with Crippen LogP contribution in [0.1, 0.15) is 27.2 Å². The number of nitrogens with one attached hydrogen (secondary N) is 1. The number of carbonyl (C=O) groups excluding carboxylic acids is 1. The lowest BCUT2D eigenvalue weighted by Gasteiger charge is -2.20. The van der Waals surface area contributed by atoms with Crippen molar-refractivity contribution in [1.82, 2.24) is 5.32 Å². The van der Waals surface area contributed by atoms with Gasteiger partial charge >= 0.3 is 0 Å². The van der Waals surface area contributed by atoms with Crippen molar-refractivity contribution < 1.29 is 4.79 Å². The van der Waals surface area contributed by atoms with Crippen LogP contribution in [0.25, 0.3) is 0 Å². The second kappa shape index (κ2) is 3.05. The van der Waals surface area contributed by atoms with Crippen LogP contribution < -0.4 is 5.32 Å². The van der Waals surface area contributed by atoms with Crippen LogP contribution in [0.15, 0.2) is 0 Å². The van der Waals surface area contributed by atoms with Crippen molar-refractivity contribution in [3.05, 3.63) is 0 Å². The van der Waals surface area contributed by atoms with Crippen molar-refractivity contribution in [1.29, 1.82) is 0 Å². The Balaban J connectivity index is 2.43. The normalized spacial score (nSPS) is 25.4. The number of hydrogen-bond acceptors (Lipinski definition) is 2. The summed E-state index contributed by atoms with van der Waals surface area (Å²) in [4.78, 5) is 11.1. The molecule has 0 aromatic heterocycles. The van der Waals surface area contributed by atoms with Crippen molar-refractivity contribution in [3.8, 4) is 0 Å². The fraction of sp³-hybridized carbons (Fsp3) is 0.875. The van der Waals surface area contributed by atoms with Crippen LogP contribution in [0.4, 0.5) is 0 Å². The topological polar surface area (TPSA) is 29.1 Å². The number of hydrogen-bond donors (Lipinski definition) is 1. The zero-order valence-electron chi connectivity index (χ0n) is 7.31. The second-order valence-electron chi connectivity index (χ2n) is 3.80. The average Bonchev–Trinajstić information content (AvgIpc) is 2.12. The van der Waals surface area contributed by atoms with Crippen LogP contribution in [0.2, 0.25) is 0 Å². The van der Waals surface area contributed by atoms with Gasteiger partial charge in [-0.25, -0.2) is 0 Å². The Morgan fingerprint density at radius 1 is 1.55 bits per heavy atom. The van der Waals surface area contributed by atoms with Crippen molar-refractivity contribution in [2.45, 2.75) is 37.2 Å². The van der Waals surface area contributed by atoms with Crippen LogP contribution in [0.5, 0.6) is 0 Å². The molecule has 1 aliphatic heterocycles. The fourth-order valence-corrected chi connectivity index (χ4v) is 2.39. The van der Waals surface area contributed by atoms with Gasteiger partial charge in [0.25, 0.3) is 0 Å². The summed E-state index contributed by atoms with van der Waals surface area (Å²) >= 11 is 1.76. The van der Waals surface area contributed by atoms with E-state index in [1.165, 1.54) is 0 Å². The number of rotatable bonds is 1. The van der Waals surface area contributed by atoms with Crippen molar-refractivity contribution >= 4 is 17.7 Å². The molecule has 0 aliphatic carbocycles. The van der Waals surface area contributed by atoms with Gasteiger partial charge in [-0.15, -0.1) is 11.8 Å². The summed E-state index contributed by atoms with van der Waals surface area (Å²) in [5.41, 5.74) is 0. The van der Waals surface area contributed by atoms with Crippen molar-refractivity contribution in [2.24, 2.45) is 0 Å². The van der Waals surface area contributed by atoms with Gasteiger partial charge in [-0.2, -0.15) is 0 Å². The molecule has 0 bridgehead atoms. The van der Waals surface area contributed by atoms with E-state index >= 15 is 0 Å². The largest absolute Gasteiger partial charge is 0.355 e. The molecule has 64 valence electrons. The van der Waals surface area contributed by atoms with Crippen LogP contribution in [0.3, 0.4) is 0 Å². The first kappa shape index (κ1) is 8.91. The van der Waals surface area contributed by atoms with E-state index in [9.17, 15) is 4.79 Å². The minimum Gasteiger partial charge on any atom is -0.355 e. The zero-order valence-corrected chi connectivity index (χ0v) is 8.12. The first-order chi connectivity index (χ1) is 4.99. The van der Waals surface area contributed by atoms with E-state index in [-0.39, 0.29) is 15.9 Å². The average molecular weight is 173 g/mol. The molecule has 1 fully saturated rings. The Bertz CT molecular complexity index is 162. The first-order valence-corrected chi connectivity index (χ1v) is 4.82.